The van der Waals surface area contributed by atoms with E-state index >= 15 is 0 Å². The van der Waals surface area contributed by atoms with Gasteiger partial charge in [-0.3, -0.25) is 4.90 Å². The van der Waals surface area contributed by atoms with E-state index < -0.39 is 0 Å². The monoisotopic (exact) mass is 264 g/mol. The van der Waals surface area contributed by atoms with Crippen LogP contribution in [0.5, 0.6) is 0 Å². The van der Waals surface area contributed by atoms with Gasteiger partial charge in [-0.05, 0) is 37.9 Å². The number of rotatable bonds is 4. The van der Waals surface area contributed by atoms with Crippen molar-refractivity contribution >= 4 is 5.97 Å². The predicted octanol–water partition coefficient (Wildman–Crippen LogP) is 1.11. The minimum absolute atomic E-state index is 0.285. The number of esters is 1. The summed E-state index contributed by atoms with van der Waals surface area (Å²) in [5, 5.41) is 3.43. The minimum atomic E-state index is -0.285. The molecule has 0 bridgehead atoms. The summed E-state index contributed by atoms with van der Waals surface area (Å²) in [7, 11) is 0. The van der Waals surface area contributed by atoms with Gasteiger partial charge in [0.1, 0.15) is 11.3 Å². The zero-order valence-electron chi connectivity index (χ0n) is 11.2. The van der Waals surface area contributed by atoms with Gasteiger partial charge in [0.25, 0.3) is 0 Å². The van der Waals surface area contributed by atoms with E-state index in [0.29, 0.717) is 18.7 Å². The van der Waals surface area contributed by atoms with Crippen LogP contribution in [0.2, 0.25) is 0 Å². The number of carbonyl (C=O) groups is 1. The molecule has 2 aliphatic rings. The molecule has 2 aliphatic heterocycles. The molecule has 3 heterocycles. The van der Waals surface area contributed by atoms with E-state index in [4.69, 9.17) is 9.15 Å². The van der Waals surface area contributed by atoms with Crippen LogP contribution in [-0.4, -0.2) is 43.7 Å². The first kappa shape index (κ1) is 12.7. The van der Waals surface area contributed by atoms with E-state index in [2.05, 4.69) is 10.2 Å². The summed E-state index contributed by atoms with van der Waals surface area (Å²) < 4.78 is 10.5. The Labute approximate surface area is 112 Å². The highest BCUT2D eigenvalue weighted by Gasteiger charge is 2.36. The maximum Gasteiger partial charge on any atom is 0.341 e. The lowest BCUT2D eigenvalue weighted by atomic mass is 10.0. The van der Waals surface area contributed by atoms with E-state index in [1.165, 1.54) is 0 Å². The fraction of sp³-hybridized carbons (Fsp3) is 0.643. The second kappa shape index (κ2) is 5.35. The fourth-order valence-electron chi connectivity index (χ4n) is 3.14. The zero-order chi connectivity index (χ0) is 13.2. The number of fused-ring (bicyclic) bond motifs is 1. The topological polar surface area (TPSA) is 54.7 Å². The van der Waals surface area contributed by atoms with Crippen molar-refractivity contribution in [3.63, 3.8) is 0 Å². The summed E-state index contributed by atoms with van der Waals surface area (Å²) in [5.41, 5.74) is 0.567. The third-order valence-electron chi connectivity index (χ3n) is 4.07. The van der Waals surface area contributed by atoms with Crippen molar-refractivity contribution in [3.8, 4) is 0 Å². The zero-order valence-corrected chi connectivity index (χ0v) is 11.2. The molecule has 0 aliphatic carbocycles. The predicted molar refractivity (Wildman–Crippen MR) is 69.8 cm³/mol. The van der Waals surface area contributed by atoms with Crippen molar-refractivity contribution in [2.45, 2.75) is 13.5 Å². The Hall–Kier alpha value is -1.33. The maximum atomic E-state index is 11.8. The number of likely N-dealkylation sites (tertiary alicyclic amines) is 1. The Bertz CT molecular complexity index is 445. The van der Waals surface area contributed by atoms with Crippen molar-refractivity contribution in [1.29, 1.82) is 0 Å². The molecule has 0 spiro atoms. The van der Waals surface area contributed by atoms with E-state index in [9.17, 15) is 4.79 Å². The van der Waals surface area contributed by atoms with Crippen LogP contribution in [0.4, 0.5) is 0 Å². The molecule has 3 rings (SSSR count). The van der Waals surface area contributed by atoms with Crippen molar-refractivity contribution in [1.82, 2.24) is 10.2 Å². The second-order valence-electron chi connectivity index (χ2n) is 5.35. The molecule has 0 amide bonds. The molecule has 2 unspecified atom stereocenters. The van der Waals surface area contributed by atoms with E-state index in [0.717, 1.165) is 43.8 Å². The van der Waals surface area contributed by atoms with Crippen molar-refractivity contribution in [2.24, 2.45) is 11.8 Å². The normalized spacial score (nSPS) is 26.6. The molecule has 2 atom stereocenters. The van der Waals surface area contributed by atoms with Gasteiger partial charge in [0.05, 0.1) is 19.4 Å². The summed E-state index contributed by atoms with van der Waals surface area (Å²) in [5.74, 6) is 1.95. The molecule has 5 heteroatoms. The van der Waals surface area contributed by atoms with Crippen LogP contribution < -0.4 is 5.32 Å². The average Bonchev–Trinajstić information content (AvgIpc) is 3.04. The highest BCUT2D eigenvalue weighted by atomic mass is 16.5. The summed E-state index contributed by atoms with van der Waals surface area (Å²) in [4.78, 5) is 14.2. The molecule has 1 N–H and O–H groups in total. The molecular weight excluding hydrogens is 244 g/mol. The molecule has 19 heavy (non-hydrogen) atoms. The lowest BCUT2D eigenvalue weighted by Gasteiger charge is -2.15. The molecule has 2 saturated heterocycles. The third-order valence-corrected chi connectivity index (χ3v) is 4.07. The van der Waals surface area contributed by atoms with Gasteiger partial charge in [-0.25, -0.2) is 4.79 Å². The van der Waals surface area contributed by atoms with Crippen molar-refractivity contribution < 1.29 is 13.9 Å². The van der Waals surface area contributed by atoms with Crippen LogP contribution in [0, 0.1) is 11.8 Å². The number of ether oxygens (including phenoxy) is 1. The van der Waals surface area contributed by atoms with Crippen molar-refractivity contribution in [3.05, 3.63) is 23.7 Å². The lowest BCUT2D eigenvalue weighted by molar-refractivity contribution is 0.0522. The van der Waals surface area contributed by atoms with Crippen LogP contribution in [-0.2, 0) is 11.3 Å². The molecule has 0 saturated carbocycles. The van der Waals surface area contributed by atoms with E-state index in [1.807, 2.05) is 6.92 Å². The molecule has 2 fully saturated rings. The Morgan fingerprint density at radius 2 is 2.21 bits per heavy atom. The largest absolute Gasteiger partial charge is 0.467 e. The third kappa shape index (κ3) is 2.53. The van der Waals surface area contributed by atoms with Gasteiger partial charge >= 0.3 is 5.97 Å². The SMILES string of the molecule is CCOC(=O)c1ccoc1CN1CC2CNCC2C1. The smallest absolute Gasteiger partial charge is 0.341 e. The summed E-state index contributed by atoms with van der Waals surface area (Å²) in [6.07, 6.45) is 1.57. The number of nitrogens with zero attached hydrogens (tertiary/aromatic N) is 1. The molecule has 1 aromatic rings. The Morgan fingerprint density at radius 1 is 1.47 bits per heavy atom. The Morgan fingerprint density at radius 3 is 2.89 bits per heavy atom. The van der Waals surface area contributed by atoms with Gasteiger partial charge < -0.3 is 14.5 Å². The van der Waals surface area contributed by atoms with Crippen molar-refractivity contribution in [2.75, 3.05) is 32.8 Å². The molecule has 5 nitrogen and oxygen atoms in total. The maximum absolute atomic E-state index is 11.8. The van der Waals surface area contributed by atoms with Gasteiger partial charge in [-0.1, -0.05) is 0 Å². The van der Waals surface area contributed by atoms with Crippen LogP contribution in [0.15, 0.2) is 16.7 Å². The summed E-state index contributed by atoms with van der Waals surface area (Å²) >= 11 is 0. The number of carbonyl (C=O) groups excluding carboxylic acids is 1. The van der Waals surface area contributed by atoms with Crippen LogP contribution in [0.1, 0.15) is 23.0 Å². The summed E-state index contributed by atoms with van der Waals surface area (Å²) in [6, 6.07) is 1.70. The minimum Gasteiger partial charge on any atom is -0.467 e. The molecular formula is C14H20N2O3. The number of nitrogens with one attached hydrogen (secondary N) is 1. The van der Waals surface area contributed by atoms with Gasteiger partial charge in [0.15, 0.2) is 0 Å². The number of hydrogen-bond acceptors (Lipinski definition) is 5. The van der Waals surface area contributed by atoms with Crippen LogP contribution in [0.3, 0.4) is 0 Å². The highest BCUT2D eigenvalue weighted by Crippen LogP contribution is 2.28. The number of furan rings is 1. The van der Waals surface area contributed by atoms with Gasteiger partial charge in [0.2, 0.25) is 0 Å². The van der Waals surface area contributed by atoms with E-state index in [-0.39, 0.29) is 5.97 Å². The molecule has 0 aromatic carbocycles. The van der Waals surface area contributed by atoms with Crippen LogP contribution >= 0.6 is 0 Å². The highest BCUT2D eigenvalue weighted by molar-refractivity contribution is 5.90. The first-order valence-corrected chi connectivity index (χ1v) is 6.94. The Balaban J connectivity index is 1.64. The standard InChI is InChI=1S/C14H20N2O3/c1-2-18-14(17)12-3-4-19-13(12)9-16-7-10-5-15-6-11(10)8-16/h3-4,10-11,15H,2,5-9H2,1H3. The summed E-state index contributed by atoms with van der Waals surface area (Å²) in [6.45, 7) is 7.30. The fourth-order valence-corrected chi connectivity index (χ4v) is 3.14. The molecule has 1 aromatic heterocycles. The van der Waals surface area contributed by atoms with Gasteiger partial charge in [-0.2, -0.15) is 0 Å². The quantitative estimate of drug-likeness (QED) is 0.826. The number of hydrogen-bond donors (Lipinski definition) is 1. The van der Waals surface area contributed by atoms with Gasteiger partial charge in [0, 0.05) is 13.1 Å². The second-order valence-corrected chi connectivity index (χ2v) is 5.35. The van der Waals surface area contributed by atoms with Gasteiger partial charge in [-0.15, -0.1) is 0 Å². The first-order chi connectivity index (χ1) is 9.28. The first-order valence-electron chi connectivity index (χ1n) is 6.94. The van der Waals surface area contributed by atoms with E-state index in [1.54, 1.807) is 12.3 Å². The Kier molecular flexibility index (Phi) is 3.57. The average molecular weight is 264 g/mol. The lowest BCUT2D eigenvalue weighted by Crippen LogP contribution is -2.26. The molecule has 0 radical (unpaired) electrons. The van der Waals surface area contributed by atoms with Crippen LogP contribution in [0.25, 0.3) is 0 Å². The molecule has 104 valence electrons.